The van der Waals surface area contributed by atoms with E-state index in [1.165, 1.54) is 13.8 Å². The maximum absolute atomic E-state index is 14.6. The van der Waals surface area contributed by atoms with Crippen molar-refractivity contribution in [1.29, 1.82) is 0 Å². The Morgan fingerprint density at radius 3 is 2.38 bits per heavy atom. The van der Waals surface area contributed by atoms with Crippen molar-refractivity contribution in [3.63, 3.8) is 0 Å². The Balaban J connectivity index is 1.69. The molecular formula is C37H49N3O7. The molecule has 1 unspecified atom stereocenters. The van der Waals surface area contributed by atoms with Gasteiger partial charge in [0.05, 0.1) is 18.6 Å². The summed E-state index contributed by atoms with van der Waals surface area (Å²) in [6.07, 6.45) is 4.11. The van der Waals surface area contributed by atoms with Crippen LogP contribution in [0.25, 0.3) is 6.08 Å². The zero-order chi connectivity index (χ0) is 34.4. The van der Waals surface area contributed by atoms with Crippen molar-refractivity contribution in [3.05, 3.63) is 71.3 Å². The summed E-state index contributed by atoms with van der Waals surface area (Å²) in [6, 6.07) is 16.1. The molecule has 2 N–H and O–H groups in total. The summed E-state index contributed by atoms with van der Waals surface area (Å²) in [5.74, 6) is 5.07. The fourth-order valence-corrected chi connectivity index (χ4v) is 6.17. The van der Waals surface area contributed by atoms with E-state index < -0.39 is 40.3 Å². The van der Waals surface area contributed by atoms with Crippen LogP contribution in [-0.2, 0) is 35.1 Å². The number of esters is 2. The highest BCUT2D eigenvalue weighted by Crippen LogP contribution is 2.37. The van der Waals surface area contributed by atoms with Crippen molar-refractivity contribution >= 4 is 29.8 Å². The maximum atomic E-state index is 14.6. The zero-order valence-corrected chi connectivity index (χ0v) is 28.5. The molecule has 2 aromatic rings. The minimum Gasteiger partial charge on any atom is -0.493 e. The molecular weight excluding hydrogens is 598 g/mol. The molecule has 2 heterocycles. The second-order valence-electron chi connectivity index (χ2n) is 14.0. The number of amides is 2. The van der Waals surface area contributed by atoms with Crippen LogP contribution >= 0.6 is 0 Å². The van der Waals surface area contributed by atoms with Crippen LogP contribution in [0.5, 0.6) is 5.75 Å². The topological polar surface area (TPSA) is 128 Å². The monoisotopic (exact) mass is 647 g/mol. The van der Waals surface area contributed by atoms with Gasteiger partial charge in [0.15, 0.2) is 0 Å². The average molecular weight is 648 g/mol. The number of rotatable bonds is 10. The van der Waals surface area contributed by atoms with Crippen LogP contribution in [0.1, 0.15) is 78.4 Å². The Labute approximate surface area is 278 Å². The summed E-state index contributed by atoms with van der Waals surface area (Å²) < 4.78 is 17.1. The van der Waals surface area contributed by atoms with Gasteiger partial charge in [0, 0.05) is 25.1 Å². The Bertz CT molecular complexity index is 1480. The van der Waals surface area contributed by atoms with Gasteiger partial charge in [-0.3, -0.25) is 24.2 Å². The Kier molecular flexibility index (Phi) is 11.2. The van der Waals surface area contributed by atoms with E-state index in [0.29, 0.717) is 38.8 Å². The van der Waals surface area contributed by atoms with Crippen molar-refractivity contribution in [1.82, 2.24) is 9.91 Å². The minimum absolute atomic E-state index is 0.110. The van der Waals surface area contributed by atoms with Crippen molar-refractivity contribution in [3.8, 4) is 5.75 Å². The lowest BCUT2D eigenvalue weighted by Crippen LogP contribution is -2.61. The molecule has 47 heavy (non-hydrogen) atoms. The van der Waals surface area contributed by atoms with Crippen molar-refractivity contribution in [2.75, 3.05) is 26.3 Å². The first-order valence-electron chi connectivity index (χ1n) is 16.4. The van der Waals surface area contributed by atoms with Crippen LogP contribution in [0.15, 0.2) is 60.2 Å². The molecule has 4 rings (SSSR count). The second-order valence-corrected chi connectivity index (χ2v) is 14.0. The molecule has 2 aliphatic rings. The number of nitrogens with two attached hydrogens (primary N) is 1. The van der Waals surface area contributed by atoms with Gasteiger partial charge in [-0.15, -0.1) is 0 Å². The van der Waals surface area contributed by atoms with Gasteiger partial charge >= 0.3 is 11.9 Å². The second kappa shape index (κ2) is 14.7. The third kappa shape index (κ3) is 8.60. The SMILES string of the molecule is CCOC(=O)C1(Cc2ccccc2)CCCN(C(=O)[C@@H](CC2=Cc3ccccc3OCC2)N(N)C(=O)C(C)(C)C(=O)OC(C)(C)C)C1. The predicted molar refractivity (Wildman–Crippen MR) is 179 cm³/mol. The van der Waals surface area contributed by atoms with E-state index in [1.54, 1.807) is 32.6 Å². The zero-order valence-electron chi connectivity index (χ0n) is 28.5. The third-order valence-electron chi connectivity index (χ3n) is 8.70. The van der Waals surface area contributed by atoms with Crippen LogP contribution < -0.4 is 10.6 Å². The first-order chi connectivity index (χ1) is 22.2. The van der Waals surface area contributed by atoms with Crippen LogP contribution in [0.2, 0.25) is 0 Å². The fourth-order valence-electron chi connectivity index (χ4n) is 6.17. The number of hydrogen-bond donors (Lipinski definition) is 1. The highest BCUT2D eigenvalue weighted by Gasteiger charge is 2.49. The summed E-state index contributed by atoms with van der Waals surface area (Å²) in [4.78, 5) is 57.0. The fraction of sp³-hybridized carbons (Fsp3) is 0.514. The van der Waals surface area contributed by atoms with E-state index in [2.05, 4.69) is 0 Å². The summed E-state index contributed by atoms with van der Waals surface area (Å²) >= 11 is 0. The Morgan fingerprint density at radius 1 is 1.02 bits per heavy atom. The van der Waals surface area contributed by atoms with Crippen LogP contribution in [0.4, 0.5) is 0 Å². The number of likely N-dealkylation sites (tertiary alicyclic amines) is 1. The number of benzene rings is 2. The van der Waals surface area contributed by atoms with Gasteiger partial charge in [-0.2, -0.15) is 0 Å². The lowest BCUT2D eigenvalue weighted by Gasteiger charge is -2.43. The number of piperidine rings is 1. The van der Waals surface area contributed by atoms with Gasteiger partial charge in [0.25, 0.3) is 5.91 Å². The number of hydrogen-bond acceptors (Lipinski definition) is 8. The number of para-hydroxylation sites is 1. The number of carbonyl (C=O) groups is 4. The smallest absolute Gasteiger partial charge is 0.321 e. The van der Waals surface area contributed by atoms with E-state index in [-0.39, 0.29) is 25.5 Å². The van der Waals surface area contributed by atoms with Crippen molar-refractivity contribution in [2.24, 2.45) is 16.7 Å². The van der Waals surface area contributed by atoms with Crippen LogP contribution in [0, 0.1) is 10.8 Å². The number of ether oxygens (including phenoxy) is 3. The lowest BCUT2D eigenvalue weighted by molar-refractivity contribution is -0.174. The lowest BCUT2D eigenvalue weighted by atomic mass is 9.74. The molecule has 1 saturated heterocycles. The molecule has 0 aromatic heterocycles. The number of fused-ring (bicyclic) bond motifs is 1. The van der Waals surface area contributed by atoms with E-state index in [9.17, 15) is 19.2 Å². The number of hydrazine groups is 1. The highest BCUT2D eigenvalue weighted by atomic mass is 16.6. The van der Waals surface area contributed by atoms with E-state index >= 15 is 0 Å². The third-order valence-corrected chi connectivity index (χ3v) is 8.70. The highest BCUT2D eigenvalue weighted by molar-refractivity contribution is 6.03. The first kappa shape index (κ1) is 35.7. The summed E-state index contributed by atoms with van der Waals surface area (Å²) in [7, 11) is 0. The molecule has 2 amide bonds. The molecule has 0 aliphatic carbocycles. The average Bonchev–Trinajstić information content (AvgIpc) is 3.24. The largest absolute Gasteiger partial charge is 0.493 e. The standard InChI is InChI=1S/C37H49N3O7/c1-7-45-34(44)37(24-26-14-9-8-10-15-26)19-13-20-39(25-37)31(41)29(23-27-18-21-46-30-17-12-11-16-28(30)22-27)40(38)32(42)36(5,6)33(43)47-35(2,3)4/h8-12,14-17,22,29H,7,13,18-21,23-25,38H2,1-6H3/t29-,37?/m1/s1. The summed E-state index contributed by atoms with van der Waals surface area (Å²) in [5.41, 5.74) is -0.781. The molecule has 0 bridgehead atoms. The van der Waals surface area contributed by atoms with Gasteiger partial charge in [0.2, 0.25) is 5.91 Å². The number of carbonyl (C=O) groups excluding carboxylic acids is 4. The Hall–Kier alpha value is -4.18. The van der Waals surface area contributed by atoms with Crippen molar-refractivity contribution in [2.45, 2.75) is 85.3 Å². The molecule has 1 fully saturated rings. The maximum Gasteiger partial charge on any atom is 0.321 e. The molecule has 10 nitrogen and oxygen atoms in total. The van der Waals surface area contributed by atoms with Crippen LogP contribution in [-0.4, -0.2) is 71.6 Å². The van der Waals surface area contributed by atoms with Gasteiger partial charge in [-0.25, -0.2) is 5.84 Å². The van der Waals surface area contributed by atoms with Crippen LogP contribution in [0.3, 0.4) is 0 Å². The van der Waals surface area contributed by atoms with Gasteiger partial charge in [-0.05, 0) is 78.9 Å². The summed E-state index contributed by atoms with van der Waals surface area (Å²) in [6.45, 7) is 10.9. The quantitative estimate of drug-likeness (QED) is 0.124. The van der Waals surface area contributed by atoms with Gasteiger partial charge < -0.3 is 19.1 Å². The van der Waals surface area contributed by atoms with Crippen molar-refractivity contribution < 1.29 is 33.4 Å². The molecule has 2 atom stereocenters. The number of nitrogens with zero attached hydrogens (tertiary/aromatic N) is 2. The molecule has 0 spiro atoms. The molecule has 254 valence electrons. The van der Waals surface area contributed by atoms with E-state index in [4.69, 9.17) is 20.1 Å². The molecule has 0 radical (unpaired) electrons. The molecule has 2 aliphatic heterocycles. The Morgan fingerprint density at radius 2 is 1.70 bits per heavy atom. The van der Waals surface area contributed by atoms with E-state index in [0.717, 1.165) is 27.5 Å². The molecule has 10 heteroatoms. The minimum atomic E-state index is -1.67. The van der Waals surface area contributed by atoms with Gasteiger partial charge in [-0.1, -0.05) is 60.2 Å². The van der Waals surface area contributed by atoms with Gasteiger partial charge in [0.1, 0.15) is 22.8 Å². The summed E-state index contributed by atoms with van der Waals surface area (Å²) in [5, 5.41) is 0.891. The molecule has 2 aromatic carbocycles. The molecule has 0 saturated carbocycles. The van der Waals surface area contributed by atoms with E-state index in [1.807, 2.05) is 60.7 Å². The normalized spacial score (nSPS) is 18.9. The first-order valence-corrected chi connectivity index (χ1v) is 16.4. The predicted octanol–water partition coefficient (Wildman–Crippen LogP) is 5.10.